The Morgan fingerprint density at radius 3 is 2.59 bits per heavy atom. The molecule has 0 spiro atoms. The quantitative estimate of drug-likeness (QED) is 0.141. The summed E-state index contributed by atoms with van der Waals surface area (Å²) in [7, 11) is 1.66. The van der Waals surface area contributed by atoms with Gasteiger partial charge in [-0.05, 0) is 79.8 Å². The lowest BCUT2D eigenvalue weighted by Gasteiger charge is -2.18. The van der Waals surface area contributed by atoms with Gasteiger partial charge < -0.3 is 10.1 Å². The van der Waals surface area contributed by atoms with Crippen LogP contribution < -0.4 is 10.1 Å². The van der Waals surface area contributed by atoms with Gasteiger partial charge in [0.25, 0.3) is 5.91 Å². The molecule has 1 atom stereocenters. The molecule has 0 aliphatic carbocycles. The lowest BCUT2D eigenvalue weighted by molar-refractivity contribution is 0.0938. The van der Waals surface area contributed by atoms with Crippen molar-refractivity contribution in [2.24, 2.45) is 0 Å². The fraction of sp³-hybridized carbons (Fsp3) is 0.323. The topological polar surface area (TPSA) is 69.0 Å². The standard InChI is InChI=1S/C31H35ClN4O2S/c1-5-6-7-9-23-13-15-25(16-14-23)30(37)33-22(3)29-34-35-31(36(29)28-19-26(32)17-12-21(28)2)39-20-24-10-8-11-27(18-24)38-4/h8,10-19,22H,5-7,9,20H2,1-4H3,(H,33,37). The number of nitrogens with one attached hydrogen (secondary N) is 1. The summed E-state index contributed by atoms with van der Waals surface area (Å²) in [5.74, 6) is 1.98. The van der Waals surface area contributed by atoms with Gasteiger partial charge in [-0.3, -0.25) is 9.36 Å². The third-order valence-corrected chi connectivity index (χ3v) is 7.83. The number of benzene rings is 3. The molecule has 8 heteroatoms. The van der Waals surface area contributed by atoms with Crippen molar-refractivity contribution in [3.8, 4) is 11.4 Å². The summed E-state index contributed by atoms with van der Waals surface area (Å²) >= 11 is 7.97. The molecule has 1 amide bonds. The highest BCUT2D eigenvalue weighted by Crippen LogP contribution is 2.31. The molecular weight excluding hydrogens is 528 g/mol. The molecule has 0 aliphatic rings. The monoisotopic (exact) mass is 562 g/mol. The van der Waals surface area contributed by atoms with Gasteiger partial charge in [0, 0.05) is 16.3 Å². The molecule has 0 saturated carbocycles. The van der Waals surface area contributed by atoms with E-state index in [4.69, 9.17) is 16.3 Å². The minimum absolute atomic E-state index is 0.148. The molecule has 39 heavy (non-hydrogen) atoms. The van der Waals surface area contributed by atoms with Crippen molar-refractivity contribution >= 4 is 29.3 Å². The normalized spacial score (nSPS) is 11.8. The fourth-order valence-corrected chi connectivity index (χ4v) is 5.42. The van der Waals surface area contributed by atoms with E-state index in [1.165, 1.54) is 18.4 Å². The third-order valence-electron chi connectivity index (χ3n) is 6.59. The van der Waals surface area contributed by atoms with E-state index in [2.05, 4.69) is 28.5 Å². The predicted molar refractivity (Wildman–Crippen MR) is 159 cm³/mol. The number of hydrogen-bond acceptors (Lipinski definition) is 5. The Labute approximate surface area is 240 Å². The first kappa shape index (κ1) is 28.7. The van der Waals surface area contributed by atoms with Gasteiger partial charge in [0.05, 0.1) is 18.8 Å². The van der Waals surface area contributed by atoms with E-state index in [0.717, 1.165) is 40.6 Å². The first-order chi connectivity index (χ1) is 18.9. The van der Waals surface area contributed by atoms with Gasteiger partial charge in [-0.25, -0.2) is 0 Å². The highest BCUT2D eigenvalue weighted by molar-refractivity contribution is 7.98. The Morgan fingerprint density at radius 2 is 1.85 bits per heavy atom. The van der Waals surface area contributed by atoms with E-state index in [1.807, 2.05) is 79.1 Å². The van der Waals surface area contributed by atoms with Gasteiger partial charge in [0.15, 0.2) is 11.0 Å². The molecule has 1 unspecified atom stereocenters. The first-order valence-corrected chi connectivity index (χ1v) is 14.6. The number of carbonyl (C=O) groups excluding carboxylic acids is 1. The maximum absolute atomic E-state index is 13.1. The van der Waals surface area contributed by atoms with Crippen LogP contribution in [-0.2, 0) is 12.2 Å². The van der Waals surface area contributed by atoms with Gasteiger partial charge >= 0.3 is 0 Å². The number of aryl methyl sites for hydroxylation is 2. The van der Waals surface area contributed by atoms with E-state index in [1.54, 1.807) is 18.9 Å². The van der Waals surface area contributed by atoms with Gasteiger partial charge in [-0.2, -0.15) is 0 Å². The van der Waals surface area contributed by atoms with Crippen molar-refractivity contribution in [2.45, 2.75) is 63.4 Å². The molecule has 204 valence electrons. The van der Waals surface area contributed by atoms with E-state index in [9.17, 15) is 4.79 Å². The Bertz CT molecular complexity index is 1400. The van der Waals surface area contributed by atoms with E-state index >= 15 is 0 Å². The minimum Gasteiger partial charge on any atom is -0.497 e. The summed E-state index contributed by atoms with van der Waals surface area (Å²) in [6.45, 7) is 6.15. The molecule has 0 fully saturated rings. The molecule has 0 aliphatic heterocycles. The maximum atomic E-state index is 13.1. The number of ether oxygens (including phenoxy) is 1. The van der Waals surface area contributed by atoms with E-state index < -0.39 is 6.04 Å². The van der Waals surface area contributed by atoms with Crippen molar-refractivity contribution in [3.05, 3.63) is 99.8 Å². The van der Waals surface area contributed by atoms with Crippen molar-refractivity contribution in [1.29, 1.82) is 0 Å². The number of halogens is 1. The first-order valence-electron chi connectivity index (χ1n) is 13.3. The van der Waals surface area contributed by atoms with Gasteiger partial charge in [0.2, 0.25) is 0 Å². The van der Waals surface area contributed by atoms with Crippen molar-refractivity contribution < 1.29 is 9.53 Å². The van der Waals surface area contributed by atoms with Crippen LogP contribution in [0.4, 0.5) is 0 Å². The minimum atomic E-state index is -0.390. The second-order valence-corrected chi connectivity index (χ2v) is 11.0. The summed E-state index contributed by atoms with van der Waals surface area (Å²) in [5, 5.41) is 13.5. The number of methoxy groups -OCH3 is 1. The number of rotatable bonds is 12. The molecule has 4 rings (SSSR count). The SMILES string of the molecule is CCCCCc1ccc(C(=O)NC(C)c2nnc(SCc3cccc(OC)c3)n2-c2cc(Cl)ccc2C)cc1. The van der Waals surface area contributed by atoms with Gasteiger partial charge in [0.1, 0.15) is 5.75 Å². The molecule has 1 N–H and O–H groups in total. The van der Waals surface area contributed by atoms with Crippen LogP contribution in [0.1, 0.15) is 72.0 Å². The Hall–Kier alpha value is -3.29. The smallest absolute Gasteiger partial charge is 0.251 e. The van der Waals surface area contributed by atoms with Crippen LogP contribution in [0.15, 0.2) is 71.9 Å². The van der Waals surface area contributed by atoms with Crippen LogP contribution in [0.3, 0.4) is 0 Å². The highest BCUT2D eigenvalue weighted by Gasteiger charge is 2.23. The average Bonchev–Trinajstić information content (AvgIpc) is 3.37. The zero-order valence-corrected chi connectivity index (χ0v) is 24.5. The molecule has 6 nitrogen and oxygen atoms in total. The molecular formula is C31H35ClN4O2S. The molecule has 0 bridgehead atoms. The van der Waals surface area contributed by atoms with Crippen molar-refractivity contribution in [1.82, 2.24) is 20.1 Å². The summed E-state index contributed by atoms with van der Waals surface area (Å²) in [6.07, 6.45) is 4.60. The van der Waals surface area contributed by atoms with Crippen LogP contribution in [0.2, 0.25) is 5.02 Å². The zero-order chi connectivity index (χ0) is 27.8. The van der Waals surface area contributed by atoms with E-state index in [0.29, 0.717) is 22.2 Å². The molecule has 4 aromatic rings. The molecule has 3 aromatic carbocycles. The largest absolute Gasteiger partial charge is 0.497 e. The van der Waals surface area contributed by atoms with Gasteiger partial charge in [-0.1, -0.05) is 73.5 Å². The third kappa shape index (κ3) is 7.43. The average molecular weight is 563 g/mol. The Kier molecular flexibility index (Phi) is 10.1. The number of hydrogen-bond donors (Lipinski definition) is 1. The summed E-state index contributed by atoms with van der Waals surface area (Å²) in [4.78, 5) is 13.1. The molecule has 1 heterocycles. The number of thioether (sulfide) groups is 1. The van der Waals surface area contributed by atoms with Crippen LogP contribution in [-0.4, -0.2) is 27.8 Å². The zero-order valence-electron chi connectivity index (χ0n) is 22.9. The lowest BCUT2D eigenvalue weighted by Crippen LogP contribution is -2.28. The van der Waals surface area contributed by atoms with Crippen LogP contribution in [0, 0.1) is 6.92 Å². The van der Waals surface area contributed by atoms with Gasteiger partial charge in [-0.15, -0.1) is 10.2 Å². The number of nitrogens with zero attached hydrogens (tertiary/aromatic N) is 3. The number of carbonyl (C=O) groups is 1. The second-order valence-electron chi connectivity index (χ2n) is 9.60. The Morgan fingerprint density at radius 1 is 1.05 bits per heavy atom. The number of aromatic nitrogens is 3. The maximum Gasteiger partial charge on any atom is 0.251 e. The van der Waals surface area contributed by atoms with Crippen LogP contribution in [0.25, 0.3) is 5.69 Å². The summed E-state index contributed by atoms with van der Waals surface area (Å²) < 4.78 is 7.36. The second kappa shape index (κ2) is 13.7. The lowest BCUT2D eigenvalue weighted by atomic mass is 10.0. The van der Waals surface area contributed by atoms with Crippen LogP contribution >= 0.6 is 23.4 Å². The number of amides is 1. The molecule has 0 radical (unpaired) electrons. The molecule has 1 aromatic heterocycles. The van der Waals surface area contributed by atoms with Crippen molar-refractivity contribution in [2.75, 3.05) is 7.11 Å². The molecule has 0 saturated heterocycles. The predicted octanol–water partition coefficient (Wildman–Crippen LogP) is 7.75. The number of unbranched alkanes of at least 4 members (excludes halogenated alkanes) is 2. The summed E-state index contributed by atoms with van der Waals surface area (Å²) in [5.41, 5.74) is 4.90. The fourth-order valence-electron chi connectivity index (χ4n) is 4.36. The van der Waals surface area contributed by atoms with Crippen molar-refractivity contribution in [3.63, 3.8) is 0 Å². The summed E-state index contributed by atoms with van der Waals surface area (Å²) in [6, 6.07) is 21.2. The Balaban J connectivity index is 1.57. The van der Waals surface area contributed by atoms with E-state index in [-0.39, 0.29) is 5.91 Å². The highest BCUT2D eigenvalue weighted by atomic mass is 35.5. The van der Waals surface area contributed by atoms with Crippen LogP contribution in [0.5, 0.6) is 5.75 Å².